The molecule has 2 aromatic rings. The monoisotopic (exact) mass is 294 g/mol. The highest BCUT2D eigenvalue weighted by atomic mass is 32.1. The number of hydrogen-bond donors (Lipinski definition) is 1. The largest absolute Gasteiger partial charge is 0.356 e. The molecule has 0 saturated carbocycles. The molecule has 7 nitrogen and oxygen atoms in total. The highest BCUT2D eigenvalue weighted by molar-refractivity contribution is 7.09. The Morgan fingerprint density at radius 1 is 1.50 bits per heavy atom. The maximum absolute atomic E-state index is 11.6. The summed E-state index contributed by atoms with van der Waals surface area (Å²) >= 11 is 1.65. The summed E-state index contributed by atoms with van der Waals surface area (Å²) in [6.45, 7) is 5.35. The summed E-state index contributed by atoms with van der Waals surface area (Å²) in [5.41, 5.74) is 1.12. The zero-order valence-electron chi connectivity index (χ0n) is 11.6. The van der Waals surface area contributed by atoms with E-state index >= 15 is 0 Å². The molecule has 20 heavy (non-hydrogen) atoms. The number of nitrogens with one attached hydrogen (secondary N) is 1. The topological polar surface area (TPSA) is 85.6 Å². The Bertz CT molecular complexity index is 536. The molecule has 8 heteroatoms. The zero-order chi connectivity index (χ0) is 14.4. The molecule has 2 aromatic heterocycles. The fraction of sp³-hybridized carbons (Fsp3) is 0.583. The number of tetrazole rings is 1. The second-order valence-corrected chi connectivity index (χ2v) is 5.69. The average Bonchev–Trinajstić information content (AvgIpc) is 3.07. The third kappa shape index (κ3) is 4.37. The van der Waals surface area contributed by atoms with E-state index in [-0.39, 0.29) is 5.91 Å². The van der Waals surface area contributed by atoms with Gasteiger partial charge in [0.05, 0.1) is 17.2 Å². The maximum Gasteiger partial charge on any atom is 0.221 e. The van der Waals surface area contributed by atoms with Crippen LogP contribution in [0.1, 0.15) is 36.9 Å². The molecule has 1 N–H and O–H groups in total. The van der Waals surface area contributed by atoms with Crippen molar-refractivity contribution in [2.75, 3.05) is 6.54 Å². The van der Waals surface area contributed by atoms with E-state index in [0.717, 1.165) is 17.1 Å². The van der Waals surface area contributed by atoms with Crippen LogP contribution in [0.3, 0.4) is 0 Å². The van der Waals surface area contributed by atoms with Gasteiger partial charge in [-0.05, 0) is 16.3 Å². The van der Waals surface area contributed by atoms with E-state index in [1.807, 2.05) is 0 Å². The van der Waals surface area contributed by atoms with Crippen LogP contribution in [0.25, 0.3) is 0 Å². The van der Waals surface area contributed by atoms with Gasteiger partial charge in [0.2, 0.25) is 5.91 Å². The Balaban J connectivity index is 1.65. The van der Waals surface area contributed by atoms with Crippen molar-refractivity contribution in [3.63, 3.8) is 0 Å². The summed E-state index contributed by atoms with van der Waals surface area (Å²) in [4.78, 5) is 16.2. The Labute approximate surface area is 121 Å². The van der Waals surface area contributed by atoms with Gasteiger partial charge in [-0.3, -0.25) is 4.79 Å². The molecule has 0 aliphatic rings. The van der Waals surface area contributed by atoms with Crippen molar-refractivity contribution in [3.05, 3.63) is 22.4 Å². The smallest absolute Gasteiger partial charge is 0.221 e. The van der Waals surface area contributed by atoms with Gasteiger partial charge in [-0.25, -0.2) is 9.67 Å². The van der Waals surface area contributed by atoms with Crippen molar-refractivity contribution in [3.8, 4) is 0 Å². The lowest BCUT2D eigenvalue weighted by Crippen LogP contribution is -2.26. The number of amides is 1. The number of thiazole rings is 1. The molecule has 0 bridgehead atoms. The number of nitrogens with zero attached hydrogens (tertiary/aromatic N) is 5. The number of aryl methyl sites for hydroxylation is 1. The molecule has 0 unspecified atom stereocenters. The average molecular weight is 294 g/mol. The Morgan fingerprint density at radius 2 is 2.35 bits per heavy atom. The van der Waals surface area contributed by atoms with Crippen LogP contribution in [0.5, 0.6) is 0 Å². The predicted molar refractivity (Wildman–Crippen MR) is 75.4 cm³/mol. The van der Waals surface area contributed by atoms with Crippen LogP contribution in [-0.4, -0.2) is 37.6 Å². The molecular formula is C12H18N6OS. The third-order valence-electron chi connectivity index (χ3n) is 2.78. The van der Waals surface area contributed by atoms with Gasteiger partial charge in [0.25, 0.3) is 0 Å². The van der Waals surface area contributed by atoms with Gasteiger partial charge in [-0.15, -0.1) is 16.4 Å². The van der Waals surface area contributed by atoms with Gasteiger partial charge in [-0.1, -0.05) is 13.8 Å². The second-order valence-electron chi connectivity index (χ2n) is 4.74. The first-order valence-electron chi connectivity index (χ1n) is 6.57. The minimum Gasteiger partial charge on any atom is -0.356 e. The van der Waals surface area contributed by atoms with E-state index in [1.54, 1.807) is 11.3 Å². The van der Waals surface area contributed by atoms with Gasteiger partial charge in [-0.2, -0.15) is 0 Å². The first-order valence-corrected chi connectivity index (χ1v) is 7.45. The quantitative estimate of drug-likeness (QED) is 0.823. The van der Waals surface area contributed by atoms with Gasteiger partial charge in [0.15, 0.2) is 0 Å². The van der Waals surface area contributed by atoms with E-state index in [4.69, 9.17) is 0 Å². The number of aromatic nitrogens is 5. The van der Waals surface area contributed by atoms with Crippen LogP contribution in [-0.2, 0) is 17.8 Å². The molecule has 0 fully saturated rings. The van der Waals surface area contributed by atoms with E-state index in [2.05, 4.69) is 45.1 Å². The van der Waals surface area contributed by atoms with Crippen molar-refractivity contribution >= 4 is 17.2 Å². The molecule has 0 saturated heterocycles. The predicted octanol–water partition coefficient (Wildman–Crippen LogP) is 1.00. The molecule has 1 amide bonds. The molecule has 0 aliphatic carbocycles. The first-order chi connectivity index (χ1) is 9.65. The first kappa shape index (κ1) is 14.6. The van der Waals surface area contributed by atoms with Crippen molar-refractivity contribution in [2.45, 2.75) is 39.2 Å². The summed E-state index contributed by atoms with van der Waals surface area (Å²) in [6, 6.07) is 0. The molecule has 0 aliphatic heterocycles. The molecule has 0 radical (unpaired) electrons. The lowest BCUT2D eigenvalue weighted by Gasteiger charge is -2.03. The summed E-state index contributed by atoms with van der Waals surface area (Å²) in [5.74, 6) is 0.451. The van der Waals surface area contributed by atoms with E-state index in [1.165, 1.54) is 11.0 Å². The standard InChI is InChI=1S/C12H18N6OS/c1-9(2)10-7-20-12(15-10)3-5-13-11(19)4-6-18-8-14-16-17-18/h7-9H,3-6H2,1-2H3,(H,13,19). The van der Waals surface area contributed by atoms with Crippen LogP contribution in [0.4, 0.5) is 0 Å². The van der Waals surface area contributed by atoms with Crippen LogP contribution >= 0.6 is 11.3 Å². The summed E-state index contributed by atoms with van der Waals surface area (Å²) < 4.78 is 1.54. The molecule has 2 heterocycles. The highest BCUT2D eigenvalue weighted by Gasteiger charge is 2.06. The molecule has 2 rings (SSSR count). The summed E-state index contributed by atoms with van der Waals surface area (Å²) in [5, 5.41) is 16.8. The molecule has 0 aromatic carbocycles. The van der Waals surface area contributed by atoms with Gasteiger partial charge >= 0.3 is 0 Å². The zero-order valence-corrected chi connectivity index (χ0v) is 12.4. The Morgan fingerprint density at radius 3 is 3.00 bits per heavy atom. The number of hydrogen-bond acceptors (Lipinski definition) is 6. The van der Waals surface area contributed by atoms with Crippen LogP contribution < -0.4 is 5.32 Å². The summed E-state index contributed by atoms with van der Waals surface area (Å²) in [7, 11) is 0. The molecule has 108 valence electrons. The highest BCUT2D eigenvalue weighted by Crippen LogP contribution is 2.17. The second kappa shape index (κ2) is 7.09. The van der Waals surface area contributed by atoms with Gasteiger partial charge in [0.1, 0.15) is 6.33 Å². The van der Waals surface area contributed by atoms with Gasteiger partial charge in [0, 0.05) is 24.8 Å². The number of rotatable bonds is 7. The summed E-state index contributed by atoms with van der Waals surface area (Å²) in [6.07, 6.45) is 2.64. The normalized spacial score (nSPS) is 10.9. The Hall–Kier alpha value is -1.83. The number of carbonyl (C=O) groups excluding carboxylic acids is 1. The van der Waals surface area contributed by atoms with Crippen LogP contribution in [0, 0.1) is 0 Å². The van der Waals surface area contributed by atoms with Crippen molar-refractivity contribution in [1.82, 2.24) is 30.5 Å². The van der Waals surface area contributed by atoms with E-state index in [0.29, 0.717) is 25.4 Å². The van der Waals surface area contributed by atoms with E-state index in [9.17, 15) is 4.79 Å². The fourth-order valence-electron chi connectivity index (χ4n) is 1.60. The molecular weight excluding hydrogens is 276 g/mol. The van der Waals surface area contributed by atoms with Gasteiger partial charge < -0.3 is 5.32 Å². The van der Waals surface area contributed by atoms with Crippen LogP contribution in [0.2, 0.25) is 0 Å². The van der Waals surface area contributed by atoms with Crippen LogP contribution in [0.15, 0.2) is 11.7 Å². The fourth-order valence-corrected chi connectivity index (χ4v) is 2.56. The van der Waals surface area contributed by atoms with Crippen molar-refractivity contribution in [1.29, 1.82) is 0 Å². The number of carbonyl (C=O) groups is 1. The molecule has 0 spiro atoms. The molecule has 0 atom stereocenters. The Kier molecular flexibility index (Phi) is 5.16. The minimum atomic E-state index is 0.00105. The van der Waals surface area contributed by atoms with Crippen molar-refractivity contribution < 1.29 is 4.79 Å². The maximum atomic E-state index is 11.6. The third-order valence-corrected chi connectivity index (χ3v) is 3.71. The van der Waals surface area contributed by atoms with Crippen molar-refractivity contribution in [2.24, 2.45) is 0 Å². The lowest BCUT2D eigenvalue weighted by atomic mass is 10.2. The van der Waals surface area contributed by atoms with E-state index < -0.39 is 0 Å². The lowest BCUT2D eigenvalue weighted by molar-refractivity contribution is -0.121. The SMILES string of the molecule is CC(C)c1csc(CCNC(=O)CCn2cnnn2)n1. The minimum absolute atomic E-state index is 0.00105.